The lowest BCUT2D eigenvalue weighted by Crippen LogP contribution is -2.34. The van der Waals surface area contributed by atoms with Crippen molar-refractivity contribution >= 4 is 16.1 Å². The lowest BCUT2D eigenvalue weighted by molar-refractivity contribution is -0.147. The van der Waals surface area contributed by atoms with E-state index in [0.29, 0.717) is 0 Å². The van der Waals surface area contributed by atoms with E-state index in [1.807, 2.05) is 6.92 Å². The summed E-state index contributed by atoms with van der Waals surface area (Å²) >= 11 is 0. The average Bonchev–Trinajstić information content (AvgIpc) is 2.88. The second-order valence-corrected chi connectivity index (χ2v) is 6.66. The second kappa shape index (κ2) is 7.20. The van der Waals surface area contributed by atoms with Gasteiger partial charge in [-0.15, -0.1) is 0 Å². The lowest BCUT2D eigenvalue weighted by atomic mass is 10.2. The van der Waals surface area contributed by atoms with Gasteiger partial charge in [0.05, 0.1) is 25.7 Å². The van der Waals surface area contributed by atoms with Gasteiger partial charge in [0.2, 0.25) is 5.76 Å². The fourth-order valence-electron chi connectivity index (χ4n) is 2.12. The number of aliphatic hydroxyl groups excluding tert-OH is 1. The third kappa shape index (κ3) is 3.69. The number of esters is 1. The highest BCUT2D eigenvalue weighted by molar-refractivity contribution is 7.86. The van der Waals surface area contributed by atoms with E-state index in [1.54, 1.807) is 12.1 Å². The van der Waals surface area contributed by atoms with Crippen molar-refractivity contribution in [3.05, 3.63) is 41.3 Å². The molecule has 1 aliphatic heterocycles. The van der Waals surface area contributed by atoms with Gasteiger partial charge in [0, 0.05) is 0 Å². The van der Waals surface area contributed by atoms with Gasteiger partial charge in [0.1, 0.15) is 6.10 Å². The molecule has 1 aliphatic rings. The number of carbonyl (C=O) groups excluding carboxylic acids is 1. The summed E-state index contributed by atoms with van der Waals surface area (Å²) in [6.45, 7) is 1.21. The molecule has 0 spiro atoms. The van der Waals surface area contributed by atoms with Crippen molar-refractivity contribution in [2.24, 2.45) is 0 Å². The molecule has 0 amide bonds. The first-order valence-electron chi connectivity index (χ1n) is 6.97. The van der Waals surface area contributed by atoms with Crippen molar-refractivity contribution < 1.29 is 36.7 Å². The number of aliphatic hydroxyl groups is 1. The van der Waals surface area contributed by atoms with Crippen molar-refractivity contribution in [3.8, 4) is 0 Å². The van der Waals surface area contributed by atoms with Crippen LogP contribution in [0.25, 0.3) is 0 Å². The summed E-state index contributed by atoms with van der Waals surface area (Å²) in [5.74, 6) is -1.01. The zero-order valence-electron chi connectivity index (χ0n) is 13.4. The molecular formula is C15H18O8S. The number of methoxy groups -OCH3 is 2. The molecule has 8 nitrogen and oxygen atoms in total. The topological polar surface area (TPSA) is 108 Å². The largest absolute Gasteiger partial charge is 0.493 e. The zero-order chi connectivity index (χ0) is 17.9. The van der Waals surface area contributed by atoms with Crippen LogP contribution >= 0.6 is 0 Å². The first-order chi connectivity index (χ1) is 11.3. The Hall–Kier alpha value is -2.10. The van der Waals surface area contributed by atoms with Crippen LogP contribution in [-0.4, -0.2) is 52.5 Å². The van der Waals surface area contributed by atoms with Crippen LogP contribution in [0, 0.1) is 6.92 Å². The zero-order valence-corrected chi connectivity index (χ0v) is 14.2. The SMILES string of the molecule is COC1=C(OC)[C@H]([C@@H](O)COS(=O)(=O)c2ccc(C)cc2)OC1=O. The maximum absolute atomic E-state index is 12.1. The Balaban J connectivity index is 2.08. The second-order valence-electron chi connectivity index (χ2n) is 5.05. The summed E-state index contributed by atoms with van der Waals surface area (Å²) in [6, 6.07) is 6.05. The van der Waals surface area contributed by atoms with Gasteiger partial charge < -0.3 is 19.3 Å². The van der Waals surface area contributed by atoms with E-state index in [9.17, 15) is 18.3 Å². The molecule has 0 fully saturated rings. The number of ether oxygens (including phenoxy) is 3. The Kier molecular flexibility index (Phi) is 5.47. The van der Waals surface area contributed by atoms with Crippen LogP contribution in [-0.2, 0) is 33.3 Å². The molecule has 0 radical (unpaired) electrons. The quantitative estimate of drug-likeness (QED) is 0.554. The van der Waals surface area contributed by atoms with Crippen LogP contribution in [0.5, 0.6) is 0 Å². The monoisotopic (exact) mass is 358 g/mol. The molecule has 1 aromatic rings. The van der Waals surface area contributed by atoms with Crippen molar-refractivity contribution in [3.63, 3.8) is 0 Å². The summed E-state index contributed by atoms with van der Waals surface area (Å²) in [5, 5.41) is 10.1. The van der Waals surface area contributed by atoms with Gasteiger partial charge in [-0.3, -0.25) is 4.18 Å². The van der Waals surface area contributed by atoms with Crippen molar-refractivity contribution in [2.75, 3.05) is 20.8 Å². The first kappa shape index (κ1) is 18.2. The molecule has 0 saturated heterocycles. The van der Waals surface area contributed by atoms with Gasteiger partial charge in [-0.1, -0.05) is 17.7 Å². The van der Waals surface area contributed by atoms with E-state index in [2.05, 4.69) is 0 Å². The molecule has 0 unspecified atom stereocenters. The Bertz CT molecular complexity index is 735. The van der Waals surface area contributed by atoms with Gasteiger partial charge in [-0.2, -0.15) is 8.42 Å². The first-order valence-corrected chi connectivity index (χ1v) is 8.38. The molecule has 0 aliphatic carbocycles. The van der Waals surface area contributed by atoms with Crippen LogP contribution < -0.4 is 0 Å². The summed E-state index contributed by atoms with van der Waals surface area (Å²) < 4.78 is 43.8. The van der Waals surface area contributed by atoms with Gasteiger partial charge in [0.25, 0.3) is 10.1 Å². The van der Waals surface area contributed by atoms with E-state index in [4.69, 9.17) is 18.4 Å². The lowest BCUT2D eigenvalue weighted by Gasteiger charge is -2.18. The third-order valence-corrected chi connectivity index (χ3v) is 4.67. The molecule has 132 valence electrons. The predicted octanol–water partition coefficient (Wildman–Crippen LogP) is 0.491. The minimum Gasteiger partial charge on any atom is -0.493 e. The fourth-order valence-corrected chi connectivity index (χ4v) is 3.04. The van der Waals surface area contributed by atoms with Gasteiger partial charge in [-0.05, 0) is 19.1 Å². The summed E-state index contributed by atoms with van der Waals surface area (Å²) in [5.41, 5.74) is 0.897. The molecule has 9 heteroatoms. The van der Waals surface area contributed by atoms with E-state index < -0.39 is 34.9 Å². The molecular weight excluding hydrogens is 340 g/mol. The molecule has 0 bridgehead atoms. The van der Waals surface area contributed by atoms with E-state index >= 15 is 0 Å². The normalized spacial score (nSPS) is 19.2. The van der Waals surface area contributed by atoms with Crippen LogP contribution in [0.1, 0.15) is 5.56 Å². The van der Waals surface area contributed by atoms with E-state index in [1.165, 1.54) is 26.4 Å². The summed E-state index contributed by atoms with van der Waals surface area (Å²) in [4.78, 5) is 11.6. The van der Waals surface area contributed by atoms with Crippen LogP contribution in [0.15, 0.2) is 40.7 Å². The molecule has 2 rings (SSSR count). The molecule has 1 heterocycles. The highest BCUT2D eigenvalue weighted by Crippen LogP contribution is 2.26. The van der Waals surface area contributed by atoms with Crippen LogP contribution in [0.3, 0.4) is 0 Å². The number of benzene rings is 1. The maximum atomic E-state index is 12.1. The minimum atomic E-state index is -4.05. The summed E-state index contributed by atoms with van der Waals surface area (Å²) in [7, 11) is -1.52. The van der Waals surface area contributed by atoms with E-state index in [0.717, 1.165) is 5.56 Å². The average molecular weight is 358 g/mol. The van der Waals surface area contributed by atoms with Crippen LogP contribution in [0.2, 0.25) is 0 Å². The Labute approximate surface area is 139 Å². The van der Waals surface area contributed by atoms with Crippen molar-refractivity contribution in [1.82, 2.24) is 0 Å². The maximum Gasteiger partial charge on any atom is 0.378 e. The highest BCUT2D eigenvalue weighted by atomic mass is 32.2. The smallest absolute Gasteiger partial charge is 0.378 e. The fraction of sp³-hybridized carbons (Fsp3) is 0.400. The summed E-state index contributed by atoms with van der Waals surface area (Å²) in [6.07, 6.45) is -2.65. The molecule has 1 N–H and O–H groups in total. The molecule has 2 atom stereocenters. The Morgan fingerprint density at radius 3 is 2.38 bits per heavy atom. The molecule has 1 aromatic carbocycles. The number of aryl methyl sites for hydroxylation is 1. The van der Waals surface area contributed by atoms with E-state index in [-0.39, 0.29) is 16.4 Å². The molecule has 24 heavy (non-hydrogen) atoms. The van der Waals surface area contributed by atoms with Crippen molar-refractivity contribution in [1.29, 1.82) is 0 Å². The van der Waals surface area contributed by atoms with Gasteiger partial charge >= 0.3 is 5.97 Å². The predicted molar refractivity (Wildman–Crippen MR) is 81.2 cm³/mol. The number of hydrogen-bond acceptors (Lipinski definition) is 8. The Morgan fingerprint density at radius 2 is 1.83 bits per heavy atom. The molecule has 0 aromatic heterocycles. The standard InChI is InChI=1S/C15H18O8S/c1-9-4-6-10(7-5-9)24(18,19)22-8-11(16)12-13(20-2)14(21-3)15(17)23-12/h4-7,11-12,16H,8H2,1-3H3/t11-,12-/m0/s1. The number of hydrogen-bond donors (Lipinski definition) is 1. The van der Waals surface area contributed by atoms with Gasteiger partial charge in [-0.25, -0.2) is 4.79 Å². The van der Waals surface area contributed by atoms with Gasteiger partial charge in [0.15, 0.2) is 11.9 Å². The number of cyclic esters (lactones) is 1. The minimum absolute atomic E-state index is 0.0219. The molecule has 0 saturated carbocycles. The number of carbonyl (C=O) groups is 1. The highest BCUT2D eigenvalue weighted by Gasteiger charge is 2.41. The van der Waals surface area contributed by atoms with Crippen LogP contribution in [0.4, 0.5) is 0 Å². The third-order valence-electron chi connectivity index (χ3n) is 3.38. The Morgan fingerprint density at radius 1 is 1.21 bits per heavy atom. The number of rotatable bonds is 7. The van der Waals surface area contributed by atoms with Crippen molar-refractivity contribution in [2.45, 2.75) is 24.0 Å².